The lowest BCUT2D eigenvalue weighted by atomic mass is 10.1. The van der Waals surface area contributed by atoms with Crippen molar-refractivity contribution in [3.63, 3.8) is 0 Å². The smallest absolute Gasteiger partial charge is 0.251 e. The van der Waals surface area contributed by atoms with E-state index < -0.39 is 0 Å². The van der Waals surface area contributed by atoms with E-state index in [4.69, 9.17) is 10.9 Å². The molecule has 1 amide bonds. The lowest BCUT2D eigenvalue weighted by Crippen LogP contribution is -2.22. The molecule has 20 heavy (non-hydrogen) atoms. The fourth-order valence-corrected chi connectivity index (χ4v) is 3.00. The van der Waals surface area contributed by atoms with Crippen LogP contribution in [-0.4, -0.2) is 17.0 Å². The molecular formula is C13H12BrN3O2S. The predicted molar refractivity (Wildman–Crippen MR) is 82.1 cm³/mol. The maximum Gasteiger partial charge on any atom is 0.251 e. The molecule has 1 aromatic heterocycles. The van der Waals surface area contributed by atoms with E-state index in [1.807, 2.05) is 11.4 Å². The number of rotatable bonds is 4. The number of halogens is 1. The van der Waals surface area contributed by atoms with Crippen LogP contribution in [0.25, 0.3) is 0 Å². The Morgan fingerprint density at radius 2 is 1.95 bits per heavy atom. The van der Waals surface area contributed by atoms with Crippen molar-refractivity contribution in [2.45, 2.75) is 6.54 Å². The van der Waals surface area contributed by atoms with Gasteiger partial charge in [0.15, 0.2) is 5.84 Å². The highest BCUT2D eigenvalue weighted by atomic mass is 79.9. The van der Waals surface area contributed by atoms with Gasteiger partial charge in [0, 0.05) is 20.5 Å². The van der Waals surface area contributed by atoms with Crippen molar-refractivity contribution in [3.05, 3.63) is 56.2 Å². The van der Waals surface area contributed by atoms with E-state index in [9.17, 15) is 4.79 Å². The minimum absolute atomic E-state index is 0.0134. The second-order valence-electron chi connectivity index (χ2n) is 3.94. The first-order valence-electron chi connectivity index (χ1n) is 5.70. The Hall–Kier alpha value is -1.86. The van der Waals surface area contributed by atoms with Crippen molar-refractivity contribution in [1.29, 1.82) is 0 Å². The van der Waals surface area contributed by atoms with Crippen LogP contribution in [0.3, 0.4) is 0 Å². The summed E-state index contributed by atoms with van der Waals surface area (Å²) in [5.74, 6) is -0.157. The Bertz CT molecular complexity index is 637. The number of carbonyl (C=O) groups is 1. The lowest BCUT2D eigenvalue weighted by molar-refractivity contribution is 0.0951. The van der Waals surface area contributed by atoms with Crippen LogP contribution < -0.4 is 11.1 Å². The fraction of sp³-hybridized carbons (Fsp3) is 0.0769. The molecule has 104 valence electrons. The zero-order chi connectivity index (χ0) is 14.5. The highest BCUT2D eigenvalue weighted by Gasteiger charge is 2.08. The lowest BCUT2D eigenvalue weighted by Gasteiger charge is -2.05. The van der Waals surface area contributed by atoms with Gasteiger partial charge in [-0.3, -0.25) is 4.79 Å². The van der Waals surface area contributed by atoms with Gasteiger partial charge in [-0.1, -0.05) is 17.3 Å². The number of oxime groups is 1. The maximum atomic E-state index is 12.0. The maximum absolute atomic E-state index is 12.0. The van der Waals surface area contributed by atoms with Gasteiger partial charge >= 0.3 is 0 Å². The SMILES string of the molecule is N/C(=N/O)c1ccc(C(=O)NCc2sccc2Br)cc1. The van der Waals surface area contributed by atoms with E-state index in [1.165, 1.54) is 0 Å². The predicted octanol–water partition coefficient (Wildman–Crippen LogP) is 2.54. The number of carbonyl (C=O) groups excluding carboxylic acids is 1. The zero-order valence-electron chi connectivity index (χ0n) is 10.3. The van der Waals surface area contributed by atoms with E-state index in [0.29, 0.717) is 17.7 Å². The number of hydrogen-bond acceptors (Lipinski definition) is 4. The number of nitrogens with one attached hydrogen (secondary N) is 1. The summed E-state index contributed by atoms with van der Waals surface area (Å²) in [5.41, 5.74) is 6.54. The third-order valence-corrected chi connectivity index (χ3v) is 4.58. The first-order chi connectivity index (χ1) is 9.61. The van der Waals surface area contributed by atoms with E-state index in [-0.39, 0.29) is 11.7 Å². The molecule has 0 unspecified atom stereocenters. The Morgan fingerprint density at radius 1 is 1.30 bits per heavy atom. The van der Waals surface area contributed by atoms with E-state index >= 15 is 0 Å². The average molecular weight is 354 g/mol. The molecule has 0 aliphatic carbocycles. The fourth-order valence-electron chi connectivity index (χ4n) is 1.56. The molecule has 0 atom stereocenters. The van der Waals surface area contributed by atoms with Gasteiger partial charge in [-0.15, -0.1) is 11.3 Å². The second-order valence-corrected chi connectivity index (χ2v) is 5.79. The third-order valence-electron chi connectivity index (χ3n) is 2.65. The molecule has 0 bridgehead atoms. The van der Waals surface area contributed by atoms with Crippen molar-refractivity contribution < 1.29 is 10.0 Å². The van der Waals surface area contributed by atoms with Crippen LogP contribution in [0, 0.1) is 0 Å². The molecule has 0 fully saturated rings. The molecule has 5 nitrogen and oxygen atoms in total. The molecular weight excluding hydrogens is 342 g/mol. The zero-order valence-corrected chi connectivity index (χ0v) is 12.7. The van der Waals surface area contributed by atoms with Gasteiger partial charge in [-0.2, -0.15) is 0 Å². The Balaban J connectivity index is 2.01. The average Bonchev–Trinajstić information content (AvgIpc) is 2.89. The van der Waals surface area contributed by atoms with Crippen LogP contribution in [0.1, 0.15) is 20.8 Å². The highest BCUT2D eigenvalue weighted by molar-refractivity contribution is 9.10. The van der Waals surface area contributed by atoms with E-state index in [0.717, 1.165) is 9.35 Å². The molecule has 4 N–H and O–H groups in total. The summed E-state index contributed by atoms with van der Waals surface area (Å²) < 4.78 is 0.991. The van der Waals surface area contributed by atoms with Crippen LogP contribution >= 0.6 is 27.3 Å². The largest absolute Gasteiger partial charge is 0.409 e. The first-order valence-corrected chi connectivity index (χ1v) is 7.37. The molecule has 2 rings (SSSR count). The van der Waals surface area contributed by atoms with Crippen molar-refractivity contribution in [2.24, 2.45) is 10.9 Å². The number of amides is 1. The normalized spacial score (nSPS) is 11.3. The van der Waals surface area contributed by atoms with E-state index in [2.05, 4.69) is 26.4 Å². The van der Waals surface area contributed by atoms with Crippen LogP contribution in [0.5, 0.6) is 0 Å². The highest BCUT2D eigenvalue weighted by Crippen LogP contribution is 2.22. The van der Waals surface area contributed by atoms with Gasteiger partial charge in [-0.05, 0) is 39.5 Å². The van der Waals surface area contributed by atoms with Crippen molar-refractivity contribution in [2.75, 3.05) is 0 Å². The Kier molecular flexibility index (Phi) is 4.75. The molecule has 0 radical (unpaired) electrons. The Morgan fingerprint density at radius 3 is 2.50 bits per heavy atom. The van der Waals surface area contributed by atoms with Crippen LogP contribution in [0.2, 0.25) is 0 Å². The molecule has 2 aromatic rings. The van der Waals surface area contributed by atoms with Crippen molar-refractivity contribution in [3.8, 4) is 0 Å². The molecule has 0 aliphatic heterocycles. The monoisotopic (exact) mass is 353 g/mol. The summed E-state index contributed by atoms with van der Waals surface area (Å²) in [6.45, 7) is 0.471. The molecule has 1 aromatic carbocycles. The van der Waals surface area contributed by atoms with Crippen molar-refractivity contribution in [1.82, 2.24) is 5.32 Å². The summed E-state index contributed by atoms with van der Waals surface area (Å²) in [7, 11) is 0. The van der Waals surface area contributed by atoms with Crippen molar-refractivity contribution >= 4 is 39.0 Å². The standard InChI is InChI=1S/C13H12BrN3O2S/c14-10-5-6-20-11(10)7-16-13(18)9-3-1-8(2-4-9)12(15)17-19/h1-6,19H,7H2,(H2,15,17)(H,16,18). The summed E-state index contributed by atoms with van der Waals surface area (Å²) in [5, 5.41) is 16.3. The molecule has 7 heteroatoms. The molecule has 1 heterocycles. The third kappa shape index (κ3) is 3.37. The number of nitrogens with zero attached hydrogens (tertiary/aromatic N) is 1. The topological polar surface area (TPSA) is 87.7 Å². The van der Waals surface area contributed by atoms with Gasteiger partial charge in [0.25, 0.3) is 5.91 Å². The number of hydrogen-bond donors (Lipinski definition) is 3. The van der Waals surface area contributed by atoms with Crippen LogP contribution in [-0.2, 0) is 6.54 Å². The number of thiophene rings is 1. The number of benzene rings is 1. The van der Waals surface area contributed by atoms with E-state index in [1.54, 1.807) is 35.6 Å². The van der Waals surface area contributed by atoms with Gasteiger partial charge in [-0.25, -0.2) is 0 Å². The number of amidine groups is 1. The van der Waals surface area contributed by atoms with Gasteiger partial charge < -0.3 is 16.3 Å². The summed E-state index contributed by atoms with van der Waals surface area (Å²) >= 11 is 4.99. The van der Waals surface area contributed by atoms with Crippen LogP contribution in [0.4, 0.5) is 0 Å². The van der Waals surface area contributed by atoms with Gasteiger partial charge in [0.2, 0.25) is 0 Å². The first kappa shape index (κ1) is 14.5. The second kappa shape index (κ2) is 6.53. The molecule has 0 saturated heterocycles. The number of nitrogens with two attached hydrogens (primary N) is 1. The summed E-state index contributed by atoms with van der Waals surface area (Å²) in [6.07, 6.45) is 0. The minimum Gasteiger partial charge on any atom is -0.409 e. The molecule has 0 aliphatic rings. The summed E-state index contributed by atoms with van der Waals surface area (Å²) in [4.78, 5) is 13.0. The van der Waals surface area contributed by atoms with Gasteiger partial charge in [0.1, 0.15) is 0 Å². The quantitative estimate of drug-likeness (QED) is 0.341. The molecule has 0 spiro atoms. The minimum atomic E-state index is -0.170. The van der Waals surface area contributed by atoms with Gasteiger partial charge in [0.05, 0.1) is 6.54 Å². The molecule has 0 saturated carbocycles. The summed E-state index contributed by atoms with van der Waals surface area (Å²) in [6, 6.07) is 8.46. The van der Waals surface area contributed by atoms with Crippen LogP contribution in [0.15, 0.2) is 45.3 Å². The Labute approximate surface area is 128 Å².